The molecule has 0 spiro atoms. The number of nitrogens with zero attached hydrogens (tertiary/aromatic N) is 1. The molecular weight excluding hydrogens is 340 g/mol. The van der Waals surface area contributed by atoms with E-state index in [1.54, 1.807) is 31.4 Å². The van der Waals surface area contributed by atoms with Crippen LogP contribution in [0.25, 0.3) is 0 Å². The maximum atomic E-state index is 12.6. The van der Waals surface area contributed by atoms with Gasteiger partial charge in [-0.2, -0.15) is 0 Å². The average Bonchev–Trinajstić information content (AvgIpc) is 2.60. The van der Waals surface area contributed by atoms with Crippen molar-refractivity contribution in [3.63, 3.8) is 0 Å². The van der Waals surface area contributed by atoms with Crippen LogP contribution in [0.15, 0.2) is 24.3 Å². The molecule has 1 saturated heterocycles. The largest absolute Gasteiger partial charge is 0.497 e. The molecule has 140 valence electrons. The first-order chi connectivity index (χ1) is 11.4. The van der Waals surface area contributed by atoms with E-state index in [0.29, 0.717) is 43.8 Å². The standard InChI is InChI=1S/C19H28N2O3.ClH/c1-13(2)12-17(20)19(23)21-10-8-15(9-11-21)18(22)14-4-6-16(24-3)7-5-14;/h4-7,13,15,17H,8-12,20H2,1-3H3;1H/t17-;/m0./s1. The quantitative estimate of drug-likeness (QED) is 0.783. The van der Waals surface area contributed by atoms with E-state index in [0.717, 1.165) is 5.75 Å². The van der Waals surface area contributed by atoms with Gasteiger partial charge in [0.25, 0.3) is 0 Å². The summed E-state index contributed by atoms with van der Waals surface area (Å²) in [7, 11) is 1.60. The minimum atomic E-state index is -0.432. The predicted octanol–water partition coefficient (Wildman–Crippen LogP) is 2.91. The summed E-state index contributed by atoms with van der Waals surface area (Å²) < 4.78 is 5.12. The highest BCUT2D eigenvalue weighted by Crippen LogP contribution is 2.23. The molecule has 0 aromatic heterocycles. The first kappa shape index (κ1) is 21.5. The molecule has 25 heavy (non-hydrogen) atoms. The number of halogens is 1. The van der Waals surface area contributed by atoms with E-state index in [-0.39, 0.29) is 30.0 Å². The fourth-order valence-corrected chi connectivity index (χ4v) is 3.20. The van der Waals surface area contributed by atoms with Gasteiger partial charge in [0.2, 0.25) is 5.91 Å². The molecular formula is C19H29ClN2O3. The summed E-state index contributed by atoms with van der Waals surface area (Å²) in [5.74, 6) is 1.28. The Hall–Kier alpha value is -1.59. The van der Waals surface area contributed by atoms with Gasteiger partial charge in [-0.1, -0.05) is 13.8 Å². The number of methoxy groups -OCH3 is 1. The van der Waals surface area contributed by atoms with Crippen molar-refractivity contribution in [1.29, 1.82) is 0 Å². The van der Waals surface area contributed by atoms with Gasteiger partial charge >= 0.3 is 0 Å². The normalized spacial score (nSPS) is 16.3. The molecule has 2 N–H and O–H groups in total. The number of likely N-dealkylation sites (tertiary alicyclic amines) is 1. The molecule has 5 nitrogen and oxygen atoms in total. The number of carbonyl (C=O) groups is 2. The second-order valence-electron chi connectivity index (χ2n) is 6.93. The summed E-state index contributed by atoms with van der Waals surface area (Å²) >= 11 is 0. The molecule has 0 aliphatic carbocycles. The van der Waals surface area contributed by atoms with Gasteiger partial charge in [-0.25, -0.2) is 0 Å². The number of benzene rings is 1. The Labute approximate surface area is 156 Å². The Morgan fingerprint density at radius 1 is 1.20 bits per heavy atom. The van der Waals surface area contributed by atoms with Crippen molar-refractivity contribution >= 4 is 24.1 Å². The Bertz CT molecular complexity index is 567. The minimum absolute atomic E-state index is 0. The molecule has 1 aromatic carbocycles. The Kier molecular flexibility index (Phi) is 8.39. The van der Waals surface area contributed by atoms with Crippen LogP contribution in [-0.2, 0) is 4.79 Å². The van der Waals surface area contributed by atoms with Crippen LogP contribution in [-0.4, -0.2) is 42.8 Å². The third-order valence-electron chi connectivity index (χ3n) is 4.59. The lowest BCUT2D eigenvalue weighted by Gasteiger charge is -2.33. The first-order valence-corrected chi connectivity index (χ1v) is 8.65. The molecule has 1 amide bonds. The number of hydrogen-bond donors (Lipinski definition) is 1. The SMILES string of the molecule is COc1ccc(C(=O)C2CCN(C(=O)[C@@H](N)CC(C)C)CC2)cc1.Cl. The second kappa shape index (κ2) is 9.78. The van der Waals surface area contributed by atoms with Crippen LogP contribution in [0.5, 0.6) is 5.75 Å². The number of ketones is 1. The van der Waals surface area contributed by atoms with E-state index >= 15 is 0 Å². The maximum absolute atomic E-state index is 12.6. The van der Waals surface area contributed by atoms with Crippen LogP contribution in [0.2, 0.25) is 0 Å². The molecule has 0 saturated carbocycles. The molecule has 1 aliphatic heterocycles. The third-order valence-corrected chi connectivity index (χ3v) is 4.59. The van der Waals surface area contributed by atoms with Gasteiger partial charge < -0.3 is 15.4 Å². The molecule has 0 unspecified atom stereocenters. The van der Waals surface area contributed by atoms with Crippen LogP contribution < -0.4 is 10.5 Å². The second-order valence-corrected chi connectivity index (χ2v) is 6.93. The van der Waals surface area contributed by atoms with E-state index in [2.05, 4.69) is 13.8 Å². The fourth-order valence-electron chi connectivity index (χ4n) is 3.20. The summed E-state index contributed by atoms with van der Waals surface area (Å²) in [5.41, 5.74) is 6.70. The number of rotatable bonds is 6. The lowest BCUT2D eigenvalue weighted by atomic mass is 9.88. The molecule has 1 atom stereocenters. The molecule has 0 bridgehead atoms. The van der Waals surface area contributed by atoms with Crippen LogP contribution in [0.4, 0.5) is 0 Å². The Morgan fingerprint density at radius 3 is 2.24 bits per heavy atom. The number of hydrogen-bond acceptors (Lipinski definition) is 4. The summed E-state index contributed by atoms with van der Waals surface area (Å²) in [6.07, 6.45) is 2.10. The van der Waals surface area contributed by atoms with Crippen molar-refractivity contribution in [1.82, 2.24) is 4.90 Å². The fraction of sp³-hybridized carbons (Fsp3) is 0.579. The van der Waals surface area contributed by atoms with Gasteiger partial charge in [0, 0.05) is 24.6 Å². The molecule has 1 aromatic rings. The Morgan fingerprint density at radius 2 is 1.76 bits per heavy atom. The van der Waals surface area contributed by atoms with Crippen molar-refractivity contribution in [2.24, 2.45) is 17.6 Å². The van der Waals surface area contributed by atoms with E-state index in [1.165, 1.54) is 0 Å². The van der Waals surface area contributed by atoms with Crippen molar-refractivity contribution in [3.8, 4) is 5.75 Å². The van der Waals surface area contributed by atoms with Crippen LogP contribution in [0, 0.1) is 11.8 Å². The zero-order chi connectivity index (χ0) is 17.7. The van der Waals surface area contributed by atoms with Crippen LogP contribution in [0.3, 0.4) is 0 Å². The zero-order valence-electron chi connectivity index (χ0n) is 15.2. The van der Waals surface area contributed by atoms with Crippen molar-refractivity contribution in [3.05, 3.63) is 29.8 Å². The highest BCUT2D eigenvalue weighted by Gasteiger charge is 2.30. The van der Waals surface area contributed by atoms with E-state index in [9.17, 15) is 9.59 Å². The van der Waals surface area contributed by atoms with E-state index < -0.39 is 6.04 Å². The molecule has 2 rings (SSSR count). The number of ether oxygens (including phenoxy) is 1. The van der Waals surface area contributed by atoms with Gasteiger partial charge in [0.1, 0.15) is 5.75 Å². The summed E-state index contributed by atoms with van der Waals surface area (Å²) in [4.78, 5) is 26.7. The first-order valence-electron chi connectivity index (χ1n) is 8.65. The Balaban J connectivity index is 0.00000312. The van der Waals surface area contributed by atoms with Gasteiger partial charge in [-0.05, 0) is 49.4 Å². The summed E-state index contributed by atoms with van der Waals surface area (Å²) in [6, 6.07) is 6.78. The average molecular weight is 369 g/mol. The van der Waals surface area contributed by atoms with Crippen LogP contribution >= 0.6 is 12.4 Å². The number of Topliss-reactive ketones (excluding diaryl/α,β-unsaturated/α-hetero) is 1. The van der Waals surface area contributed by atoms with E-state index in [4.69, 9.17) is 10.5 Å². The van der Waals surface area contributed by atoms with Crippen molar-refractivity contribution < 1.29 is 14.3 Å². The van der Waals surface area contributed by atoms with Gasteiger partial charge in [-0.15, -0.1) is 12.4 Å². The summed E-state index contributed by atoms with van der Waals surface area (Å²) in [6.45, 7) is 5.34. The molecule has 0 radical (unpaired) electrons. The van der Waals surface area contributed by atoms with Crippen LogP contribution in [0.1, 0.15) is 43.5 Å². The maximum Gasteiger partial charge on any atom is 0.239 e. The number of nitrogens with two attached hydrogens (primary N) is 1. The lowest BCUT2D eigenvalue weighted by molar-refractivity contribution is -0.134. The lowest BCUT2D eigenvalue weighted by Crippen LogP contribution is -2.48. The molecule has 1 heterocycles. The number of carbonyl (C=O) groups excluding carboxylic acids is 2. The van der Waals surface area contributed by atoms with Gasteiger partial charge in [0.05, 0.1) is 13.2 Å². The monoisotopic (exact) mass is 368 g/mol. The molecule has 6 heteroatoms. The van der Waals surface area contributed by atoms with Gasteiger partial charge in [-0.3, -0.25) is 9.59 Å². The number of amides is 1. The topological polar surface area (TPSA) is 72.6 Å². The van der Waals surface area contributed by atoms with E-state index in [1.807, 2.05) is 4.90 Å². The van der Waals surface area contributed by atoms with Gasteiger partial charge in [0.15, 0.2) is 5.78 Å². The highest BCUT2D eigenvalue weighted by molar-refractivity contribution is 5.98. The van der Waals surface area contributed by atoms with Crippen molar-refractivity contribution in [2.75, 3.05) is 20.2 Å². The predicted molar refractivity (Wildman–Crippen MR) is 101 cm³/mol. The molecule has 1 fully saturated rings. The minimum Gasteiger partial charge on any atom is -0.497 e. The number of piperidine rings is 1. The smallest absolute Gasteiger partial charge is 0.239 e. The van der Waals surface area contributed by atoms with Crippen molar-refractivity contribution in [2.45, 2.75) is 39.2 Å². The summed E-state index contributed by atoms with van der Waals surface area (Å²) in [5, 5.41) is 0. The highest BCUT2D eigenvalue weighted by atomic mass is 35.5. The zero-order valence-corrected chi connectivity index (χ0v) is 16.1. The molecule has 1 aliphatic rings. The third kappa shape index (κ3) is 5.72.